The summed E-state index contributed by atoms with van der Waals surface area (Å²) in [6.07, 6.45) is 6.62. The molecule has 1 aliphatic rings. The maximum atomic E-state index is 2.73. The Morgan fingerprint density at radius 1 is 0.833 bits per heavy atom. The molecule has 1 heteroatoms. The third kappa shape index (κ3) is 4.27. The van der Waals surface area contributed by atoms with E-state index in [4.69, 9.17) is 0 Å². The first-order chi connectivity index (χ1) is 11.8. The van der Waals surface area contributed by atoms with Crippen molar-refractivity contribution < 1.29 is 0 Å². The molecule has 1 heterocycles. The summed E-state index contributed by atoms with van der Waals surface area (Å²) in [6.45, 7) is 6.04. The second-order valence-corrected chi connectivity index (χ2v) is 7.38. The monoisotopic (exact) mass is 321 g/mol. The van der Waals surface area contributed by atoms with Crippen molar-refractivity contribution in [3.05, 3.63) is 71.8 Å². The molecule has 0 N–H and O–H groups in total. The second kappa shape index (κ2) is 8.48. The van der Waals surface area contributed by atoms with E-state index in [1.165, 1.54) is 49.8 Å². The van der Waals surface area contributed by atoms with E-state index in [0.717, 1.165) is 12.1 Å². The van der Waals surface area contributed by atoms with Crippen molar-refractivity contribution in [2.75, 3.05) is 6.54 Å². The van der Waals surface area contributed by atoms with Crippen molar-refractivity contribution in [1.82, 2.24) is 4.90 Å². The zero-order chi connectivity index (χ0) is 16.8. The fourth-order valence-electron chi connectivity index (χ4n) is 4.29. The Labute approximate surface area is 147 Å². The van der Waals surface area contributed by atoms with Crippen molar-refractivity contribution in [1.29, 1.82) is 0 Å². The van der Waals surface area contributed by atoms with Gasteiger partial charge in [-0.3, -0.25) is 4.90 Å². The molecule has 0 aromatic heterocycles. The van der Waals surface area contributed by atoms with Gasteiger partial charge in [0.2, 0.25) is 0 Å². The van der Waals surface area contributed by atoms with Crippen LogP contribution in [0.3, 0.4) is 0 Å². The quantitative estimate of drug-likeness (QED) is 0.644. The Kier molecular flexibility index (Phi) is 6.09. The summed E-state index contributed by atoms with van der Waals surface area (Å²) in [5.41, 5.74) is 2.90. The SMILES string of the molecule is CC1CCCC(C)N1CCCC(c1ccccc1)c1ccccc1. The van der Waals surface area contributed by atoms with Gasteiger partial charge in [0.25, 0.3) is 0 Å². The average Bonchev–Trinajstić information content (AvgIpc) is 2.62. The van der Waals surface area contributed by atoms with Gasteiger partial charge < -0.3 is 0 Å². The van der Waals surface area contributed by atoms with Gasteiger partial charge in [0.15, 0.2) is 0 Å². The Hall–Kier alpha value is -1.60. The van der Waals surface area contributed by atoms with Crippen molar-refractivity contribution >= 4 is 0 Å². The van der Waals surface area contributed by atoms with E-state index in [2.05, 4.69) is 79.4 Å². The molecule has 1 nitrogen and oxygen atoms in total. The maximum Gasteiger partial charge on any atom is 0.00898 e. The van der Waals surface area contributed by atoms with Crippen LogP contribution in [0.15, 0.2) is 60.7 Å². The number of hydrogen-bond donors (Lipinski definition) is 0. The molecule has 0 aliphatic carbocycles. The smallest absolute Gasteiger partial charge is 0.00898 e. The lowest BCUT2D eigenvalue weighted by Crippen LogP contribution is -2.44. The molecule has 128 valence electrons. The minimum atomic E-state index is 0.516. The molecule has 0 amide bonds. The first kappa shape index (κ1) is 17.2. The Morgan fingerprint density at radius 3 is 1.83 bits per heavy atom. The first-order valence-corrected chi connectivity index (χ1v) is 9.61. The number of rotatable bonds is 6. The maximum absolute atomic E-state index is 2.73. The summed E-state index contributed by atoms with van der Waals surface area (Å²) in [7, 11) is 0. The van der Waals surface area contributed by atoms with Crippen LogP contribution >= 0.6 is 0 Å². The summed E-state index contributed by atoms with van der Waals surface area (Å²) in [6, 6.07) is 23.5. The highest BCUT2D eigenvalue weighted by Crippen LogP contribution is 2.30. The third-order valence-corrected chi connectivity index (χ3v) is 5.69. The van der Waals surface area contributed by atoms with Gasteiger partial charge in [-0.25, -0.2) is 0 Å². The molecule has 1 saturated heterocycles. The minimum Gasteiger partial charge on any atom is -0.298 e. The number of piperidine rings is 1. The molecular weight excluding hydrogens is 290 g/mol. The molecule has 2 atom stereocenters. The molecule has 0 spiro atoms. The van der Waals surface area contributed by atoms with Gasteiger partial charge in [-0.15, -0.1) is 0 Å². The number of hydrogen-bond acceptors (Lipinski definition) is 1. The molecule has 0 saturated carbocycles. The lowest BCUT2D eigenvalue weighted by atomic mass is 9.87. The molecular formula is C23H31N. The molecule has 3 rings (SSSR count). The van der Waals surface area contributed by atoms with Crippen LogP contribution in [0.5, 0.6) is 0 Å². The fraction of sp³-hybridized carbons (Fsp3) is 0.478. The molecule has 2 unspecified atom stereocenters. The van der Waals surface area contributed by atoms with E-state index >= 15 is 0 Å². The Bertz CT molecular complexity index is 542. The molecule has 1 fully saturated rings. The van der Waals surface area contributed by atoms with Gasteiger partial charge in [0, 0.05) is 18.0 Å². The minimum absolute atomic E-state index is 0.516. The van der Waals surface area contributed by atoms with Crippen LogP contribution in [-0.4, -0.2) is 23.5 Å². The van der Waals surface area contributed by atoms with Crippen LogP contribution < -0.4 is 0 Å². The van der Waals surface area contributed by atoms with Crippen molar-refractivity contribution in [2.45, 2.75) is 64.0 Å². The van der Waals surface area contributed by atoms with Crippen LogP contribution in [0.1, 0.15) is 63.0 Å². The van der Waals surface area contributed by atoms with Crippen LogP contribution in [0.2, 0.25) is 0 Å². The predicted octanol–water partition coefficient (Wildman–Crippen LogP) is 5.86. The van der Waals surface area contributed by atoms with E-state index < -0.39 is 0 Å². The van der Waals surface area contributed by atoms with Crippen LogP contribution in [-0.2, 0) is 0 Å². The topological polar surface area (TPSA) is 3.24 Å². The Balaban J connectivity index is 1.67. The van der Waals surface area contributed by atoms with Gasteiger partial charge in [-0.1, -0.05) is 67.1 Å². The van der Waals surface area contributed by atoms with E-state index in [-0.39, 0.29) is 0 Å². The lowest BCUT2D eigenvalue weighted by molar-refractivity contribution is 0.101. The molecule has 2 aromatic carbocycles. The van der Waals surface area contributed by atoms with Gasteiger partial charge in [-0.05, 0) is 57.2 Å². The average molecular weight is 322 g/mol. The van der Waals surface area contributed by atoms with Gasteiger partial charge in [0.1, 0.15) is 0 Å². The molecule has 1 aliphatic heterocycles. The fourth-order valence-corrected chi connectivity index (χ4v) is 4.29. The second-order valence-electron chi connectivity index (χ2n) is 7.38. The molecule has 24 heavy (non-hydrogen) atoms. The largest absolute Gasteiger partial charge is 0.298 e. The van der Waals surface area contributed by atoms with Crippen molar-refractivity contribution in [2.24, 2.45) is 0 Å². The van der Waals surface area contributed by atoms with Crippen LogP contribution in [0.4, 0.5) is 0 Å². The van der Waals surface area contributed by atoms with Gasteiger partial charge in [0.05, 0.1) is 0 Å². The summed E-state index contributed by atoms with van der Waals surface area (Å²) < 4.78 is 0. The molecule has 0 radical (unpaired) electrons. The van der Waals surface area contributed by atoms with E-state index in [0.29, 0.717) is 5.92 Å². The zero-order valence-electron chi connectivity index (χ0n) is 15.2. The first-order valence-electron chi connectivity index (χ1n) is 9.61. The number of likely N-dealkylation sites (tertiary alicyclic amines) is 1. The highest BCUT2D eigenvalue weighted by molar-refractivity contribution is 5.32. The lowest BCUT2D eigenvalue weighted by Gasteiger charge is -2.39. The predicted molar refractivity (Wildman–Crippen MR) is 103 cm³/mol. The molecule has 2 aromatic rings. The molecule has 0 bridgehead atoms. The van der Waals surface area contributed by atoms with Gasteiger partial charge in [-0.2, -0.15) is 0 Å². The third-order valence-electron chi connectivity index (χ3n) is 5.69. The summed E-state index contributed by atoms with van der Waals surface area (Å²) in [5, 5.41) is 0. The summed E-state index contributed by atoms with van der Waals surface area (Å²) in [5.74, 6) is 0.516. The summed E-state index contributed by atoms with van der Waals surface area (Å²) in [4.78, 5) is 2.73. The number of nitrogens with zero attached hydrogens (tertiary/aromatic N) is 1. The van der Waals surface area contributed by atoms with Crippen molar-refractivity contribution in [3.8, 4) is 0 Å². The van der Waals surface area contributed by atoms with Gasteiger partial charge >= 0.3 is 0 Å². The standard InChI is InChI=1S/C23H31N/c1-19-11-9-12-20(2)24(19)18-10-17-23(21-13-5-3-6-14-21)22-15-7-4-8-16-22/h3-8,13-16,19-20,23H,9-12,17-18H2,1-2H3. The van der Waals surface area contributed by atoms with E-state index in [1.807, 2.05) is 0 Å². The van der Waals surface area contributed by atoms with Crippen molar-refractivity contribution in [3.63, 3.8) is 0 Å². The summed E-state index contributed by atoms with van der Waals surface area (Å²) >= 11 is 0. The number of benzene rings is 2. The Morgan fingerprint density at radius 2 is 1.33 bits per heavy atom. The van der Waals surface area contributed by atoms with E-state index in [9.17, 15) is 0 Å². The highest BCUT2D eigenvalue weighted by atomic mass is 15.2. The van der Waals surface area contributed by atoms with E-state index in [1.54, 1.807) is 0 Å². The van der Waals surface area contributed by atoms with Crippen LogP contribution in [0, 0.1) is 0 Å². The van der Waals surface area contributed by atoms with Crippen LogP contribution in [0.25, 0.3) is 0 Å². The normalized spacial score (nSPS) is 22.0. The highest BCUT2D eigenvalue weighted by Gasteiger charge is 2.24. The zero-order valence-corrected chi connectivity index (χ0v) is 15.2.